The lowest BCUT2D eigenvalue weighted by atomic mass is 10.0. The van der Waals surface area contributed by atoms with Crippen LogP contribution < -0.4 is 0 Å². The number of carbonyl (C=O) groups is 2. The molecule has 1 atom stereocenters. The number of ether oxygens (including phenoxy) is 1. The SMILES string of the molecule is Cc1ccc(C(=O)[C@@H](C)OC(=O)c2ccc(-n3c(C)ccc3C)cc2)cc1C. The first-order valence-corrected chi connectivity index (χ1v) is 9.36. The van der Waals surface area contributed by atoms with Crippen LogP contribution >= 0.6 is 0 Å². The van der Waals surface area contributed by atoms with Gasteiger partial charge in [-0.05, 0) is 88.2 Å². The third-order valence-electron chi connectivity index (χ3n) is 5.08. The van der Waals surface area contributed by atoms with Crippen LogP contribution in [0.25, 0.3) is 5.69 Å². The van der Waals surface area contributed by atoms with Gasteiger partial charge in [0.25, 0.3) is 0 Å². The van der Waals surface area contributed by atoms with Crippen LogP contribution in [0, 0.1) is 27.7 Å². The van der Waals surface area contributed by atoms with E-state index in [0.29, 0.717) is 11.1 Å². The summed E-state index contributed by atoms with van der Waals surface area (Å²) < 4.78 is 7.52. The van der Waals surface area contributed by atoms with E-state index in [-0.39, 0.29) is 5.78 Å². The number of ketones is 1. The molecule has 0 saturated heterocycles. The summed E-state index contributed by atoms with van der Waals surface area (Å²) in [5.41, 5.74) is 6.37. The van der Waals surface area contributed by atoms with E-state index in [4.69, 9.17) is 4.74 Å². The summed E-state index contributed by atoms with van der Waals surface area (Å²) in [6.45, 7) is 9.63. The highest BCUT2D eigenvalue weighted by Gasteiger charge is 2.21. The van der Waals surface area contributed by atoms with Crippen LogP contribution in [0.15, 0.2) is 54.6 Å². The topological polar surface area (TPSA) is 48.3 Å². The Balaban J connectivity index is 1.72. The summed E-state index contributed by atoms with van der Waals surface area (Å²) in [6.07, 6.45) is -0.844. The molecule has 0 fully saturated rings. The second kappa shape index (κ2) is 7.85. The number of hydrogen-bond donors (Lipinski definition) is 0. The number of carbonyl (C=O) groups excluding carboxylic acids is 2. The largest absolute Gasteiger partial charge is 0.451 e. The molecule has 1 aromatic heterocycles. The summed E-state index contributed by atoms with van der Waals surface area (Å²) in [7, 11) is 0. The number of esters is 1. The fourth-order valence-electron chi connectivity index (χ4n) is 3.23. The quantitative estimate of drug-likeness (QED) is 0.458. The van der Waals surface area contributed by atoms with Crippen LogP contribution in [-0.4, -0.2) is 22.4 Å². The van der Waals surface area contributed by atoms with Gasteiger partial charge in [0.15, 0.2) is 6.10 Å². The monoisotopic (exact) mass is 375 g/mol. The van der Waals surface area contributed by atoms with Crippen molar-refractivity contribution in [1.29, 1.82) is 0 Å². The van der Waals surface area contributed by atoms with Crippen molar-refractivity contribution in [1.82, 2.24) is 4.57 Å². The minimum Gasteiger partial charge on any atom is -0.451 e. The Bertz CT molecular complexity index is 1010. The second-order valence-electron chi connectivity index (χ2n) is 7.21. The van der Waals surface area contributed by atoms with Crippen LogP contribution in [0.4, 0.5) is 0 Å². The van der Waals surface area contributed by atoms with Crippen molar-refractivity contribution >= 4 is 11.8 Å². The summed E-state index contributed by atoms with van der Waals surface area (Å²) in [6, 6.07) is 16.8. The summed E-state index contributed by atoms with van der Waals surface area (Å²) in [4.78, 5) is 25.0. The Labute approximate surface area is 165 Å². The number of hydrogen-bond acceptors (Lipinski definition) is 3. The molecular formula is C24H25NO3. The maximum absolute atomic E-state index is 12.6. The molecule has 3 aromatic rings. The molecule has 28 heavy (non-hydrogen) atoms. The van der Waals surface area contributed by atoms with Gasteiger partial charge in [0, 0.05) is 22.6 Å². The van der Waals surface area contributed by atoms with Crippen molar-refractivity contribution in [2.45, 2.75) is 40.7 Å². The molecule has 0 unspecified atom stereocenters. The molecule has 0 saturated carbocycles. The molecular weight excluding hydrogens is 350 g/mol. The number of aromatic nitrogens is 1. The maximum atomic E-state index is 12.6. The van der Waals surface area contributed by atoms with Gasteiger partial charge in [0.05, 0.1) is 5.56 Å². The lowest BCUT2D eigenvalue weighted by molar-refractivity contribution is 0.0319. The van der Waals surface area contributed by atoms with Gasteiger partial charge in [0.1, 0.15) is 0 Å². The maximum Gasteiger partial charge on any atom is 0.338 e. The highest BCUT2D eigenvalue weighted by molar-refractivity contribution is 6.01. The normalized spacial score (nSPS) is 11.9. The molecule has 3 rings (SSSR count). The average molecular weight is 375 g/mol. The molecule has 0 aliphatic rings. The molecule has 144 valence electrons. The molecule has 4 heteroatoms. The van der Waals surface area contributed by atoms with E-state index in [9.17, 15) is 9.59 Å². The van der Waals surface area contributed by atoms with Gasteiger partial charge in [-0.2, -0.15) is 0 Å². The summed E-state index contributed by atoms with van der Waals surface area (Å²) >= 11 is 0. The Hall–Kier alpha value is -3.14. The van der Waals surface area contributed by atoms with Crippen molar-refractivity contribution in [3.05, 3.63) is 88.2 Å². The number of Topliss-reactive ketones (excluding diaryl/α,β-unsaturated/α-hetero) is 1. The number of nitrogens with zero attached hydrogens (tertiary/aromatic N) is 1. The van der Waals surface area contributed by atoms with Gasteiger partial charge in [-0.15, -0.1) is 0 Å². The standard InChI is InChI=1S/C24H25NO3/c1-15-6-9-21(14-16(15)2)23(26)19(5)28-24(27)20-10-12-22(13-11-20)25-17(3)7-8-18(25)4/h6-14,19H,1-5H3/t19-/m1/s1. The number of rotatable bonds is 5. The Morgan fingerprint density at radius 1 is 0.786 bits per heavy atom. The zero-order valence-corrected chi connectivity index (χ0v) is 16.9. The Morgan fingerprint density at radius 3 is 1.93 bits per heavy atom. The zero-order valence-electron chi connectivity index (χ0n) is 16.9. The molecule has 0 bridgehead atoms. The first-order chi connectivity index (χ1) is 13.3. The third-order valence-corrected chi connectivity index (χ3v) is 5.08. The van der Waals surface area contributed by atoms with E-state index in [2.05, 4.69) is 16.7 Å². The molecule has 0 spiro atoms. The van der Waals surface area contributed by atoms with Gasteiger partial charge in [-0.25, -0.2) is 4.79 Å². The van der Waals surface area contributed by atoms with E-state index < -0.39 is 12.1 Å². The minimum atomic E-state index is -0.844. The first kappa shape index (κ1) is 19.6. The summed E-state index contributed by atoms with van der Waals surface area (Å²) in [5, 5.41) is 0. The predicted molar refractivity (Wildman–Crippen MR) is 110 cm³/mol. The molecule has 4 nitrogen and oxygen atoms in total. The minimum absolute atomic E-state index is 0.202. The fourth-order valence-corrected chi connectivity index (χ4v) is 3.23. The van der Waals surface area contributed by atoms with Crippen LogP contribution in [0.5, 0.6) is 0 Å². The Morgan fingerprint density at radius 2 is 1.36 bits per heavy atom. The van der Waals surface area contributed by atoms with Crippen LogP contribution in [-0.2, 0) is 4.74 Å². The van der Waals surface area contributed by atoms with Gasteiger partial charge in [0.2, 0.25) is 5.78 Å². The van der Waals surface area contributed by atoms with E-state index in [1.165, 1.54) is 0 Å². The molecule has 2 aromatic carbocycles. The smallest absolute Gasteiger partial charge is 0.338 e. The van der Waals surface area contributed by atoms with Crippen LogP contribution in [0.1, 0.15) is 50.2 Å². The van der Waals surface area contributed by atoms with Crippen molar-refractivity contribution < 1.29 is 14.3 Å². The zero-order chi connectivity index (χ0) is 20.4. The van der Waals surface area contributed by atoms with Crippen molar-refractivity contribution in [3.63, 3.8) is 0 Å². The van der Waals surface area contributed by atoms with E-state index in [1.54, 1.807) is 25.1 Å². The molecule has 0 radical (unpaired) electrons. The predicted octanol–water partition coefficient (Wildman–Crippen LogP) is 5.14. The first-order valence-electron chi connectivity index (χ1n) is 9.36. The number of benzene rings is 2. The van der Waals surface area contributed by atoms with Gasteiger partial charge in [-0.1, -0.05) is 12.1 Å². The van der Waals surface area contributed by atoms with E-state index in [0.717, 1.165) is 28.2 Å². The van der Waals surface area contributed by atoms with Crippen molar-refractivity contribution in [2.75, 3.05) is 0 Å². The van der Waals surface area contributed by atoms with Crippen molar-refractivity contribution in [3.8, 4) is 5.69 Å². The molecule has 0 aliphatic heterocycles. The van der Waals surface area contributed by atoms with Crippen LogP contribution in [0.2, 0.25) is 0 Å². The second-order valence-corrected chi connectivity index (χ2v) is 7.21. The average Bonchev–Trinajstić information content (AvgIpc) is 3.01. The highest BCUT2D eigenvalue weighted by Crippen LogP contribution is 2.18. The molecule has 0 N–H and O–H groups in total. The van der Waals surface area contributed by atoms with E-state index in [1.807, 2.05) is 52.0 Å². The van der Waals surface area contributed by atoms with Gasteiger partial charge >= 0.3 is 5.97 Å². The lowest BCUT2D eigenvalue weighted by Crippen LogP contribution is -2.24. The molecule has 1 heterocycles. The fraction of sp³-hybridized carbons (Fsp3) is 0.250. The van der Waals surface area contributed by atoms with Crippen molar-refractivity contribution in [2.24, 2.45) is 0 Å². The summed E-state index contributed by atoms with van der Waals surface area (Å²) in [5.74, 6) is -0.705. The lowest BCUT2D eigenvalue weighted by Gasteiger charge is -2.14. The number of aryl methyl sites for hydroxylation is 4. The Kier molecular flexibility index (Phi) is 5.50. The van der Waals surface area contributed by atoms with Crippen LogP contribution in [0.3, 0.4) is 0 Å². The molecule has 0 amide bonds. The van der Waals surface area contributed by atoms with E-state index >= 15 is 0 Å². The third kappa shape index (κ3) is 3.91. The highest BCUT2D eigenvalue weighted by atomic mass is 16.5. The molecule has 0 aliphatic carbocycles. The van der Waals surface area contributed by atoms with Gasteiger partial charge in [-0.3, -0.25) is 4.79 Å². The van der Waals surface area contributed by atoms with Gasteiger partial charge < -0.3 is 9.30 Å².